The molecule has 110 valence electrons. The van der Waals surface area contributed by atoms with Gasteiger partial charge in [0.05, 0.1) is 18.7 Å². The van der Waals surface area contributed by atoms with Crippen LogP contribution in [-0.2, 0) is 9.53 Å². The number of aromatic nitrogens is 2. The van der Waals surface area contributed by atoms with Gasteiger partial charge >= 0.3 is 5.97 Å². The lowest BCUT2D eigenvalue weighted by molar-refractivity contribution is -0.153. The second-order valence-electron chi connectivity index (χ2n) is 5.33. The van der Waals surface area contributed by atoms with Crippen LogP contribution in [-0.4, -0.2) is 29.1 Å². The number of nitrogens with one attached hydrogen (secondary N) is 1. The van der Waals surface area contributed by atoms with Crippen LogP contribution in [0.5, 0.6) is 0 Å². The predicted molar refractivity (Wildman–Crippen MR) is 73.0 cm³/mol. The second kappa shape index (κ2) is 5.91. The van der Waals surface area contributed by atoms with Gasteiger partial charge in [-0.25, -0.2) is 9.37 Å². The number of nitrogens with zero attached hydrogens (tertiary/aromatic N) is 2. The van der Waals surface area contributed by atoms with Gasteiger partial charge in [0.1, 0.15) is 0 Å². The van der Waals surface area contributed by atoms with Crippen molar-refractivity contribution in [2.75, 3.05) is 12.4 Å². The first-order valence-electron chi connectivity index (χ1n) is 6.47. The number of halogens is 2. The molecule has 0 saturated heterocycles. The van der Waals surface area contributed by atoms with E-state index in [1.165, 1.54) is 7.11 Å². The summed E-state index contributed by atoms with van der Waals surface area (Å²) in [7, 11) is 1.38. The minimum Gasteiger partial charge on any atom is -0.469 e. The van der Waals surface area contributed by atoms with Gasteiger partial charge in [-0.05, 0) is 37.8 Å². The monoisotopic (exact) mass is 301 g/mol. The maximum absolute atomic E-state index is 13.6. The van der Waals surface area contributed by atoms with E-state index in [-0.39, 0.29) is 23.1 Å². The van der Waals surface area contributed by atoms with Crippen molar-refractivity contribution in [1.82, 2.24) is 9.97 Å². The fourth-order valence-corrected chi connectivity index (χ4v) is 2.82. The highest BCUT2D eigenvalue weighted by molar-refractivity contribution is 6.28. The van der Waals surface area contributed by atoms with Gasteiger partial charge in [0, 0.05) is 6.04 Å². The van der Waals surface area contributed by atoms with E-state index >= 15 is 0 Å². The number of anilines is 1. The smallest absolute Gasteiger partial charge is 0.311 e. The Morgan fingerprint density at radius 1 is 1.65 bits per heavy atom. The quantitative estimate of drug-likeness (QED) is 0.687. The molecular formula is C13H17ClFN3O2. The Kier molecular flexibility index (Phi) is 4.42. The number of hydrogen-bond acceptors (Lipinski definition) is 5. The molecule has 2 rings (SSSR count). The summed E-state index contributed by atoms with van der Waals surface area (Å²) in [5, 5.41) is 2.99. The van der Waals surface area contributed by atoms with E-state index in [4.69, 9.17) is 16.3 Å². The van der Waals surface area contributed by atoms with Crippen LogP contribution < -0.4 is 5.32 Å². The summed E-state index contributed by atoms with van der Waals surface area (Å²) in [6.07, 6.45) is 4.07. The Balaban J connectivity index is 2.10. The molecule has 1 saturated carbocycles. The Morgan fingerprint density at radius 3 is 3.10 bits per heavy atom. The van der Waals surface area contributed by atoms with Crippen molar-refractivity contribution in [3.63, 3.8) is 0 Å². The van der Waals surface area contributed by atoms with Gasteiger partial charge in [-0.1, -0.05) is 6.42 Å². The highest BCUT2D eigenvalue weighted by Gasteiger charge is 2.39. The van der Waals surface area contributed by atoms with Crippen molar-refractivity contribution >= 4 is 23.4 Å². The van der Waals surface area contributed by atoms with Crippen LogP contribution in [0, 0.1) is 11.2 Å². The minimum atomic E-state index is -0.556. The van der Waals surface area contributed by atoms with E-state index in [2.05, 4.69) is 15.3 Å². The van der Waals surface area contributed by atoms with Gasteiger partial charge in [0.25, 0.3) is 0 Å². The second-order valence-corrected chi connectivity index (χ2v) is 5.66. The molecule has 1 aliphatic rings. The van der Waals surface area contributed by atoms with Crippen molar-refractivity contribution in [3.05, 3.63) is 17.3 Å². The zero-order chi connectivity index (χ0) is 14.8. The van der Waals surface area contributed by atoms with Gasteiger partial charge in [-0.15, -0.1) is 0 Å². The first-order valence-corrected chi connectivity index (χ1v) is 6.85. The van der Waals surface area contributed by atoms with E-state index in [1.807, 2.05) is 6.92 Å². The molecule has 1 aromatic rings. The number of carbonyl (C=O) groups excluding carboxylic acids is 1. The van der Waals surface area contributed by atoms with Gasteiger partial charge in [0.2, 0.25) is 5.28 Å². The van der Waals surface area contributed by atoms with Crippen molar-refractivity contribution in [3.8, 4) is 0 Å². The molecule has 0 aliphatic heterocycles. The van der Waals surface area contributed by atoms with Crippen molar-refractivity contribution in [1.29, 1.82) is 0 Å². The highest BCUT2D eigenvalue weighted by atomic mass is 35.5. The molecule has 1 aromatic heterocycles. The maximum atomic E-state index is 13.6. The summed E-state index contributed by atoms with van der Waals surface area (Å²) in [5.74, 6) is -0.714. The molecule has 0 radical (unpaired) electrons. The van der Waals surface area contributed by atoms with Crippen LogP contribution >= 0.6 is 11.6 Å². The molecule has 7 heteroatoms. The van der Waals surface area contributed by atoms with Gasteiger partial charge in [-0.2, -0.15) is 4.98 Å². The van der Waals surface area contributed by atoms with E-state index in [0.717, 1.165) is 25.5 Å². The molecule has 20 heavy (non-hydrogen) atoms. The minimum absolute atomic E-state index is 0.0135. The molecule has 1 aliphatic carbocycles. The summed E-state index contributed by atoms with van der Waals surface area (Å²) >= 11 is 5.66. The van der Waals surface area contributed by atoms with Crippen LogP contribution in [0.1, 0.15) is 32.6 Å². The van der Waals surface area contributed by atoms with Crippen molar-refractivity contribution in [2.24, 2.45) is 5.41 Å². The summed E-state index contributed by atoms with van der Waals surface area (Å²) in [6.45, 7) is 1.87. The third kappa shape index (κ3) is 3.17. The van der Waals surface area contributed by atoms with Crippen LogP contribution in [0.2, 0.25) is 5.28 Å². The van der Waals surface area contributed by atoms with Crippen LogP contribution in [0.3, 0.4) is 0 Å². The van der Waals surface area contributed by atoms with Gasteiger partial charge in [-0.3, -0.25) is 4.79 Å². The van der Waals surface area contributed by atoms with E-state index in [9.17, 15) is 9.18 Å². The van der Waals surface area contributed by atoms with Crippen LogP contribution in [0.25, 0.3) is 0 Å². The lowest BCUT2D eigenvalue weighted by Crippen LogP contribution is -2.39. The number of rotatable bonds is 3. The maximum Gasteiger partial charge on any atom is 0.311 e. The molecular weight excluding hydrogens is 285 g/mol. The summed E-state index contributed by atoms with van der Waals surface area (Å²) in [5.41, 5.74) is -0.544. The molecule has 1 fully saturated rings. The van der Waals surface area contributed by atoms with E-state index in [0.29, 0.717) is 6.42 Å². The standard InChI is InChI=1S/C13H17ClFN3O2/c1-13(11(19)20-2)5-3-4-8(6-13)17-10-9(15)7-16-12(14)18-10/h7-8H,3-6H2,1-2H3,(H,16,17,18). The lowest BCUT2D eigenvalue weighted by atomic mass is 9.73. The lowest BCUT2D eigenvalue weighted by Gasteiger charge is -2.36. The molecule has 0 aromatic carbocycles. The molecule has 2 unspecified atom stereocenters. The average Bonchev–Trinajstić information content (AvgIpc) is 2.42. The number of hydrogen-bond donors (Lipinski definition) is 1. The predicted octanol–water partition coefficient (Wildman–Crippen LogP) is 2.80. The first kappa shape index (κ1) is 15.0. The number of carbonyl (C=O) groups is 1. The third-order valence-electron chi connectivity index (χ3n) is 3.71. The van der Waals surface area contributed by atoms with Crippen molar-refractivity contribution < 1.29 is 13.9 Å². The highest BCUT2D eigenvalue weighted by Crippen LogP contribution is 2.38. The molecule has 0 spiro atoms. The summed E-state index contributed by atoms with van der Waals surface area (Å²) in [6, 6.07) is -0.0479. The molecule has 1 N–H and O–H groups in total. The van der Waals surface area contributed by atoms with Crippen LogP contribution in [0.15, 0.2) is 6.20 Å². The van der Waals surface area contributed by atoms with Crippen LogP contribution in [0.4, 0.5) is 10.2 Å². The summed E-state index contributed by atoms with van der Waals surface area (Å²) in [4.78, 5) is 19.2. The molecule has 0 bridgehead atoms. The zero-order valence-corrected chi connectivity index (χ0v) is 12.2. The van der Waals surface area contributed by atoms with E-state index in [1.54, 1.807) is 0 Å². The topological polar surface area (TPSA) is 64.1 Å². The van der Waals surface area contributed by atoms with Gasteiger partial charge in [0.15, 0.2) is 11.6 Å². The fourth-order valence-electron chi connectivity index (χ4n) is 2.68. The Morgan fingerprint density at radius 2 is 2.40 bits per heavy atom. The SMILES string of the molecule is COC(=O)C1(C)CCCC(Nc2nc(Cl)ncc2F)C1. The molecule has 1 heterocycles. The Bertz CT molecular complexity index is 514. The number of methoxy groups -OCH3 is 1. The fraction of sp³-hybridized carbons (Fsp3) is 0.615. The first-order chi connectivity index (χ1) is 9.44. The number of esters is 1. The van der Waals surface area contributed by atoms with Gasteiger partial charge < -0.3 is 10.1 Å². The van der Waals surface area contributed by atoms with Crippen molar-refractivity contribution in [2.45, 2.75) is 38.6 Å². The number of ether oxygens (including phenoxy) is 1. The Labute approximate surface area is 121 Å². The zero-order valence-electron chi connectivity index (χ0n) is 11.4. The largest absolute Gasteiger partial charge is 0.469 e. The molecule has 2 atom stereocenters. The Hall–Kier alpha value is -1.43. The molecule has 0 amide bonds. The third-order valence-corrected chi connectivity index (χ3v) is 3.89. The summed E-state index contributed by atoms with van der Waals surface area (Å²) < 4.78 is 18.5. The normalized spacial score (nSPS) is 26.1. The molecule has 5 nitrogen and oxygen atoms in total. The van der Waals surface area contributed by atoms with E-state index < -0.39 is 11.2 Å². The average molecular weight is 302 g/mol.